The Bertz CT molecular complexity index is 1320. The van der Waals surface area contributed by atoms with Gasteiger partial charge in [0.1, 0.15) is 22.5 Å². The molecule has 0 amide bonds. The minimum atomic E-state index is 0.392. The van der Waals surface area contributed by atoms with E-state index in [9.17, 15) is 5.26 Å². The van der Waals surface area contributed by atoms with Gasteiger partial charge in [-0.2, -0.15) is 5.26 Å². The van der Waals surface area contributed by atoms with E-state index < -0.39 is 0 Å². The molecule has 0 fully saturated rings. The van der Waals surface area contributed by atoms with E-state index in [4.69, 9.17) is 50.8 Å². The molecule has 0 aliphatic carbocycles. The lowest BCUT2D eigenvalue weighted by atomic mass is 10.1. The molecular weight excluding hydrogens is 482 g/mol. The molecule has 0 aliphatic rings. The van der Waals surface area contributed by atoms with Crippen LogP contribution in [0.5, 0.6) is 0 Å². The van der Waals surface area contributed by atoms with E-state index in [0.717, 1.165) is 5.56 Å². The molecule has 0 atom stereocenters. The first-order valence-corrected chi connectivity index (χ1v) is 10.9. The van der Waals surface area contributed by atoms with E-state index >= 15 is 0 Å². The van der Waals surface area contributed by atoms with Gasteiger partial charge in [0, 0.05) is 26.0 Å². The fraction of sp³-hybridized carbons (Fsp3) is 0. The van der Waals surface area contributed by atoms with Crippen molar-refractivity contribution in [1.82, 2.24) is 4.98 Å². The minimum absolute atomic E-state index is 0.392. The van der Waals surface area contributed by atoms with E-state index in [1.165, 1.54) is 11.3 Å². The predicted octanol–water partition coefficient (Wildman–Crippen LogP) is 8.75. The molecule has 30 heavy (non-hydrogen) atoms. The lowest BCUT2D eigenvalue weighted by molar-refractivity contribution is 0.595. The summed E-state index contributed by atoms with van der Waals surface area (Å²) < 4.78 is 5.93. The van der Waals surface area contributed by atoms with Crippen LogP contribution in [0, 0.1) is 11.3 Å². The number of aromatic nitrogens is 1. The summed E-state index contributed by atoms with van der Waals surface area (Å²) >= 11 is 25.7. The highest BCUT2D eigenvalue weighted by Gasteiger charge is 2.15. The maximum absolute atomic E-state index is 9.60. The number of nitrogens with zero attached hydrogens (tertiary/aromatic N) is 2. The van der Waals surface area contributed by atoms with Gasteiger partial charge in [-0.15, -0.1) is 11.3 Å². The highest BCUT2D eigenvalue weighted by molar-refractivity contribution is 7.11. The van der Waals surface area contributed by atoms with Crippen molar-refractivity contribution in [2.45, 2.75) is 0 Å². The van der Waals surface area contributed by atoms with Crippen LogP contribution in [0.25, 0.3) is 34.4 Å². The van der Waals surface area contributed by atoms with E-state index in [1.807, 2.05) is 17.5 Å². The molecule has 0 spiro atoms. The van der Waals surface area contributed by atoms with Crippen LogP contribution in [0.15, 0.2) is 58.3 Å². The number of furan rings is 1. The first kappa shape index (κ1) is 21.0. The normalized spacial score (nSPS) is 11.5. The molecule has 0 saturated carbocycles. The predicted molar refractivity (Wildman–Crippen MR) is 125 cm³/mol. The minimum Gasteiger partial charge on any atom is -0.454 e. The van der Waals surface area contributed by atoms with Crippen molar-refractivity contribution in [3.8, 4) is 28.8 Å². The molecule has 4 rings (SSSR count). The summed E-state index contributed by atoms with van der Waals surface area (Å²) in [5.41, 5.74) is 2.43. The van der Waals surface area contributed by atoms with Gasteiger partial charge in [-0.25, -0.2) is 4.98 Å². The topological polar surface area (TPSA) is 49.8 Å². The number of benzene rings is 2. The Hall–Kier alpha value is -2.26. The molecule has 0 radical (unpaired) electrons. The lowest BCUT2D eigenvalue weighted by Crippen LogP contribution is -1.83. The average Bonchev–Trinajstić information content (AvgIpc) is 3.37. The van der Waals surface area contributed by atoms with Gasteiger partial charge in [0.2, 0.25) is 0 Å². The summed E-state index contributed by atoms with van der Waals surface area (Å²) in [4.78, 5) is 4.55. The van der Waals surface area contributed by atoms with Crippen LogP contribution in [0.4, 0.5) is 0 Å². The number of thiazole rings is 1. The number of nitriles is 1. The monoisotopic (exact) mass is 490 g/mol. The molecule has 0 bridgehead atoms. The third-order valence-electron chi connectivity index (χ3n) is 4.17. The van der Waals surface area contributed by atoms with Gasteiger partial charge in [-0.1, -0.05) is 52.5 Å². The number of rotatable bonds is 4. The van der Waals surface area contributed by atoms with Crippen LogP contribution in [-0.4, -0.2) is 4.98 Å². The average molecular weight is 492 g/mol. The Morgan fingerprint density at radius 3 is 2.33 bits per heavy atom. The van der Waals surface area contributed by atoms with E-state index in [-0.39, 0.29) is 0 Å². The zero-order chi connectivity index (χ0) is 21.3. The highest BCUT2D eigenvalue weighted by atomic mass is 35.5. The zero-order valence-electron chi connectivity index (χ0n) is 15.0. The SMILES string of the molecule is N#CC(=Cc1ccc(Cl)cc1Cl)c1nc(-c2ccc(-c3ccc(Cl)cc3Cl)o2)cs1. The first-order valence-electron chi connectivity index (χ1n) is 8.53. The number of halogens is 4. The quantitative estimate of drug-likeness (QED) is 0.268. The Morgan fingerprint density at radius 1 is 0.933 bits per heavy atom. The highest BCUT2D eigenvalue weighted by Crippen LogP contribution is 2.35. The molecule has 0 N–H and O–H groups in total. The van der Waals surface area contributed by atoms with Crippen molar-refractivity contribution >= 4 is 69.4 Å². The van der Waals surface area contributed by atoms with Gasteiger partial charge < -0.3 is 4.42 Å². The fourth-order valence-electron chi connectivity index (χ4n) is 2.74. The second kappa shape index (κ2) is 8.85. The van der Waals surface area contributed by atoms with Crippen LogP contribution in [0.3, 0.4) is 0 Å². The Balaban J connectivity index is 1.65. The maximum atomic E-state index is 9.60. The van der Waals surface area contributed by atoms with Crippen LogP contribution >= 0.6 is 57.7 Å². The number of hydrogen-bond donors (Lipinski definition) is 0. The van der Waals surface area contributed by atoms with Crippen molar-refractivity contribution in [3.63, 3.8) is 0 Å². The van der Waals surface area contributed by atoms with Gasteiger partial charge in [-0.3, -0.25) is 0 Å². The maximum Gasteiger partial charge on any atom is 0.154 e. The molecule has 2 heterocycles. The van der Waals surface area contributed by atoms with Crippen LogP contribution in [-0.2, 0) is 0 Å². The Kier molecular flexibility index (Phi) is 6.19. The van der Waals surface area contributed by atoms with Crippen LogP contribution in [0.1, 0.15) is 10.6 Å². The smallest absolute Gasteiger partial charge is 0.154 e. The van der Waals surface area contributed by atoms with Crippen molar-refractivity contribution in [2.75, 3.05) is 0 Å². The second-order valence-corrected chi connectivity index (χ2v) is 8.71. The molecule has 0 aliphatic heterocycles. The van der Waals surface area contributed by atoms with E-state index in [0.29, 0.717) is 53.4 Å². The van der Waals surface area contributed by atoms with Crippen molar-refractivity contribution in [3.05, 3.63) is 84.6 Å². The van der Waals surface area contributed by atoms with Gasteiger partial charge in [0.15, 0.2) is 5.76 Å². The molecule has 4 aromatic rings. The first-order chi connectivity index (χ1) is 14.4. The summed E-state index contributed by atoms with van der Waals surface area (Å²) in [5.74, 6) is 1.17. The largest absolute Gasteiger partial charge is 0.454 e. The Labute approximate surface area is 196 Å². The Morgan fingerprint density at radius 2 is 1.63 bits per heavy atom. The van der Waals surface area contributed by atoms with Crippen molar-refractivity contribution < 1.29 is 4.42 Å². The molecule has 3 nitrogen and oxygen atoms in total. The summed E-state index contributed by atoms with van der Waals surface area (Å²) in [5, 5.41) is 14.0. The second-order valence-electron chi connectivity index (χ2n) is 6.16. The standard InChI is InChI=1S/C22H10Cl4N2OS/c23-14-2-1-12(17(25)8-14)7-13(10-27)22-28-19(11-30-22)21-6-5-20(29-21)16-4-3-15(24)9-18(16)26/h1-9,11H. The molecule has 0 unspecified atom stereocenters. The summed E-state index contributed by atoms with van der Waals surface area (Å²) in [6.07, 6.45) is 1.68. The van der Waals surface area contributed by atoms with Gasteiger partial charge in [0.25, 0.3) is 0 Å². The summed E-state index contributed by atoms with van der Waals surface area (Å²) in [6, 6.07) is 16.1. The van der Waals surface area contributed by atoms with Crippen molar-refractivity contribution in [2.24, 2.45) is 0 Å². The van der Waals surface area contributed by atoms with Crippen LogP contribution in [0.2, 0.25) is 20.1 Å². The molecule has 0 saturated heterocycles. The van der Waals surface area contributed by atoms with E-state index in [2.05, 4.69) is 11.1 Å². The molecule has 2 aromatic carbocycles. The molecule has 2 aromatic heterocycles. The summed E-state index contributed by atoms with van der Waals surface area (Å²) in [6.45, 7) is 0. The number of hydrogen-bond acceptors (Lipinski definition) is 4. The third kappa shape index (κ3) is 4.41. The third-order valence-corrected chi connectivity index (χ3v) is 6.16. The van der Waals surface area contributed by atoms with Crippen molar-refractivity contribution in [1.29, 1.82) is 5.26 Å². The van der Waals surface area contributed by atoms with Gasteiger partial charge in [-0.05, 0) is 54.1 Å². The van der Waals surface area contributed by atoms with Gasteiger partial charge in [0.05, 0.1) is 10.6 Å². The van der Waals surface area contributed by atoms with E-state index in [1.54, 1.807) is 42.5 Å². The zero-order valence-corrected chi connectivity index (χ0v) is 18.8. The molecule has 148 valence electrons. The lowest BCUT2D eigenvalue weighted by Gasteiger charge is -2.01. The fourth-order valence-corrected chi connectivity index (χ4v) is 4.48. The van der Waals surface area contributed by atoms with Gasteiger partial charge >= 0.3 is 0 Å². The summed E-state index contributed by atoms with van der Waals surface area (Å²) in [7, 11) is 0. The number of allylic oxidation sites excluding steroid dienone is 1. The molecule has 8 heteroatoms. The van der Waals surface area contributed by atoms with Crippen LogP contribution < -0.4 is 0 Å². The molecular formula is C22H10Cl4N2OS.